The second-order valence-corrected chi connectivity index (χ2v) is 2.82. The molecule has 0 saturated carbocycles. The average molecular weight is 165 g/mol. The number of allylic oxidation sites excluding steroid dienone is 1. The SMILES string of the molecule is C=NC(=N/C=C\C)C1CCNC1. The van der Waals surface area contributed by atoms with E-state index in [0.717, 1.165) is 25.3 Å². The second kappa shape index (κ2) is 4.83. The van der Waals surface area contributed by atoms with Crippen molar-refractivity contribution in [2.24, 2.45) is 15.9 Å². The highest BCUT2D eigenvalue weighted by molar-refractivity contribution is 5.89. The molecule has 0 bridgehead atoms. The summed E-state index contributed by atoms with van der Waals surface area (Å²) in [5, 5.41) is 3.27. The molecule has 1 fully saturated rings. The van der Waals surface area contributed by atoms with Crippen molar-refractivity contribution in [3.05, 3.63) is 12.3 Å². The van der Waals surface area contributed by atoms with Crippen molar-refractivity contribution >= 4 is 12.6 Å². The van der Waals surface area contributed by atoms with Crippen LogP contribution in [0, 0.1) is 5.92 Å². The quantitative estimate of drug-likeness (QED) is 0.485. The number of amidine groups is 1. The maximum atomic E-state index is 4.21. The normalized spacial score (nSPS) is 25.1. The molecule has 1 unspecified atom stereocenters. The van der Waals surface area contributed by atoms with Crippen LogP contribution in [0.25, 0.3) is 0 Å². The summed E-state index contributed by atoms with van der Waals surface area (Å²) in [5.74, 6) is 1.32. The molecule has 0 aromatic heterocycles. The minimum absolute atomic E-state index is 0.457. The number of hydrogen-bond acceptors (Lipinski definition) is 2. The van der Waals surface area contributed by atoms with Gasteiger partial charge in [0.1, 0.15) is 5.84 Å². The summed E-state index contributed by atoms with van der Waals surface area (Å²) in [4.78, 5) is 8.13. The number of nitrogens with one attached hydrogen (secondary N) is 1. The number of rotatable bonds is 2. The van der Waals surface area contributed by atoms with E-state index in [-0.39, 0.29) is 0 Å². The molecule has 1 N–H and O–H groups in total. The summed E-state index contributed by atoms with van der Waals surface area (Å²) >= 11 is 0. The van der Waals surface area contributed by atoms with Gasteiger partial charge in [-0.05, 0) is 26.6 Å². The fourth-order valence-electron chi connectivity index (χ4n) is 1.30. The lowest BCUT2D eigenvalue weighted by atomic mass is 10.1. The van der Waals surface area contributed by atoms with E-state index in [0.29, 0.717) is 5.92 Å². The molecule has 1 aliphatic rings. The first-order valence-electron chi connectivity index (χ1n) is 4.24. The van der Waals surface area contributed by atoms with Crippen LogP contribution >= 0.6 is 0 Å². The zero-order chi connectivity index (χ0) is 8.81. The molecule has 3 nitrogen and oxygen atoms in total. The van der Waals surface area contributed by atoms with Gasteiger partial charge in [0.05, 0.1) is 0 Å². The van der Waals surface area contributed by atoms with Gasteiger partial charge in [0.15, 0.2) is 0 Å². The lowest BCUT2D eigenvalue weighted by molar-refractivity contribution is 0.764. The minimum Gasteiger partial charge on any atom is -0.316 e. The lowest BCUT2D eigenvalue weighted by Crippen LogP contribution is -2.15. The monoisotopic (exact) mass is 165 g/mol. The molecule has 0 aromatic rings. The predicted molar refractivity (Wildman–Crippen MR) is 52.8 cm³/mol. The van der Waals surface area contributed by atoms with Crippen LogP contribution < -0.4 is 5.32 Å². The van der Waals surface area contributed by atoms with E-state index in [1.54, 1.807) is 6.20 Å². The molecule has 0 aromatic carbocycles. The van der Waals surface area contributed by atoms with E-state index in [9.17, 15) is 0 Å². The molecule has 1 aliphatic heterocycles. The van der Waals surface area contributed by atoms with Crippen molar-refractivity contribution in [1.82, 2.24) is 5.32 Å². The summed E-state index contributed by atoms with van der Waals surface area (Å²) < 4.78 is 0. The van der Waals surface area contributed by atoms with Crippen molar-refractivity contribution in [1.29, 1.82) is 0 Å². The van der Waals surface area contributed by atoms with Gasteiger partial charge >= 0.3 is 0 Å². The summed E-state index contributed by atoms with van der Waals surface area (Å²) in [7, 11) is 0. The molecule has 0 spiro atoms. The first-order valence-corrected chi connectivity index (χ1v) is 4.24. The van der Waals surface area contributed by atoms with E-state index in [2.05, 4.69) is 22.0 Å². The van der Waals surface area contributed by atoms with Crippen molar-refractivity contribution in [3.63, 3.8) is 0 Å². The van der Waals surface area contributed by atoms with E-state index in [1.807, 2.05) is 13.0 Å². The van der Waals surface area contributed by atoms with Crippen molar-refractivity contribution in [2.45, 2.75) is 13.3 Å². The Morgan fingerprint density at radius 3 is 3.00 bits per heavy atom. The smallest absolute Gasteiger partial charge is 0.131 e. The largest absolute Gasteiger partial charge is 0.316 e. The van der Waals surface area contributed by atoms with Gasteiger partial charge in [-0.25, -0.2) is 9.98 Å². The fourth-order valence-corrected chi connectivity index (χ4v) is 1.30. The molecule has 66 valence electrons. The zero-order valence-corrected chi connectivity index (χ0v) is 7.45. The van der Waals surface area contributed by atoms with Crippen LogP contribution in [0.1, 0.15) is 13.3 Å². The Bertz CT molecular complexity index is 200. The summed E-state index contributed by atoms with van der Waals surface area (Å²) in [6, 6.07) is 0. The Morgan fingerprint density at radius 1 is 1.67 bits per heavy atom. The molecule has 3 heteroatoms. The van der Waals surface area contributed by atoms with Crippen LogP contribution in [0.4, 0.5) is 0 Å². The molecule has 0 radical (unpaired) electrons. The maximum Gasteiger partial charge on any atom is 0.131 e. The van der Waals surface area contributed by atoms with Crippen LogP contribution in [0.2, 0.25) is 0 Å². The first kappa shape index (κ1) is 9.13. The third-order valence-corrected chi connectivity index (χ3v) is 1.94. The highest BCUT2D eigenvalue weighted by Crippen LogP contribution is 2.10. The molecular weight excluding hydrogens is 150 g/mol. The molecule has 1 saturated heterocycles. The predicted octanol–water partition coefficient (Wildman–Crippen LogP) is 1.23. The van der Waals surface area contributed by atoms with Crippen molar-refractivity contribution in [3.8, 4) is 0 Å². The topological polar surface area (TPSA) is 36.8 Å². The lowest BCUT2D eigenvalue weighted by Gasteiger charge is -2.04. The molecule has 0 aliphatic carbocycles. The second-order valence-electron chi connectivity index (χ2n) is 2.82. The Balaban J connectivity index is 2.59. The Hall–Kier alpha value is -0.960. The van der Waals surface area contributed by atoms with Gasteiger partial charge in [-0.15, -0.1) is 0 Å². The van der Waals surface area contributed by atoms with E-state index < -0.39 is 0 Å². The number of nitrogens with zero attached hydrogens (tertiary/aromatic N) is 2. The molecular formula is C9H15N3. The van der Waals surface area contributed by atoms with E-state index in [4.69, 9.17) is 0 Å². The molecule has 1 atom stereocenters. The average Bonchev–Trinajstić information content (AvgIpc) is 2.59. The highest BCUT2D eigenvalue weighted by atomic mass is 15.0. The summed E-state index contributed by atoms with van der Waals surface area (Å²) in [6.07, 6.45) is 4.78. The van der Waals surface area contributed by atoms with Crippen LogP contribution in [0.15, 0.2) is 22.3 Å². The molecule has 12 heavy (non-hydrogen) atoms. The van der Waals surface area contributed by atoms with Crippen LogP contribution in [-0.4, -0.2) is 25.6 Å². The third-order valence-electron chi connectivity index (χ3n) is 1.94. The van der Waals surface area contributed by atoms with Crippen molar-refractivity contribution in [2.75, 3.05) is 13.1 Å². The van der Waals surface area contributed by atoms with Gasteiger partial charge < -0.3 is 5.32 Å². The minimum atomic E-state index is 0.457. The third kappa shape index (κ3) is 2.27. The van der Waals surface area contributed by atoms with Gasteiger partial charge in [-0.3, -0.25) is 0 Å². The molecule has 1 heterocycles. The van der Waals surface area contributed by atoms with Crippen LogP contribution in [0.3, 0.4) is 0 Å². The number of hydrogen-bond donors (Lipinski definition) is 1. The molecule has 0 amide bonds. The van der Waals surface area contributed by atoms with E-state index in [1.165, 1.54) is 0 Å². The Labute approximate surface area is 73.3 Å². The Kier molecular flexibility index (Phi) is 3.67. The standard InChI is InChI=1S/C9H15N3/c1-3-5-12-9(10-2)8-4-6-11-7-8/h3,5,8,11H,2,4,6-7H2,1H3/b5-3-,12-9?. The first-order chi connectivity index (χ1) is 5.88. The van der Waals surface area contributed by atoms with Gasteiger partial charge in [0.2, 0.25) is 0 Å². The summed E-state index contributed by atoms with van der Waals surface area (Å²) in [5.41, 5.74) is 0. The fraction of sp³-hybridized carbons (Fsp3) is 0.556. The Morgan fingerprint density at radius 2 is 2.50 bits per heavy atom. The van der Waals surface area contributed by atoms with E-state index >= 15 is 0 Å². The zero-order valence-electron chi connectivity index (χ0n) is 7.45. The van der Waals surface area contributed by atoms with Gasteiger partial charge in [0.25, 0.3) is 0 Å². The maximum absolute atomic E-state index is 4.21. The van der Waals surface area contributed by atoms with Gasteiger partial charge in [0, 0.05) is 18.7 Å². The van der Waals surface area contributed by atoms with Crippen LogP contribution in [-0.2, 0) is 0 Å². The van der Waals surface area contributed by atoms with Gasteiger partial charge in [-0.1, -0.05) is 6.08 Å². The molecule has 1 rings (SSSR count). The van der Waals surface area contributed by atoms with Crippen LogP contribution in [0.5, 0.6) is 0 Å². The summed E-state index contributed by atoms with van der Waals surface area (Å²) in [6.45, 7) is 7.50. The van der Waals surface area contributed by atoms with Gasteiger partial charge in [-0.2, -0.15) is 0 Å². The number of aliphatic imine (C=N–C) groups is 2. The highest BCUT2D eigenvalue weighted by Gasteiger charge is 2.18. The van der Waals surface area contributed by atoms with Crippen molar-refractivity contribution < 1.29 is 0 Å².